The first kappa shape index (κ1) is 11.8. The zero-order valence-electron chi connectivity index (χ0n) is 8.67. The highest BCUT2D eigenvalue weighted by atomic mass is 16.3. The second-order valence-corrected chi connectivity index (χ2v) is 3.37. The quantitative estimate of drug-likeness (QED) is 0.653. The third kappa shape index (κ3) is 2.88. The zero-order chi connectivity index (χ0) is 12.3. The average molecular weight is 224 g/mol. The van der Waals surface area contributed by atoms with Gasteiger partial charge in [0.05, 0.1) is 6.54 Å². The fourth-order valence-electron chi connectivity index (χ4n) is 1.24. The van der Waals surface area contributed by atoms with Crippen LogP contribution >= 0.6 is 0 Å². The van der Waals surface area contributed by atoms with E-state index in [4.69, 9.17) is 5.73 Å². The predicted octanol–water partition coefficient (Wildman–Crippen LogP) is -0.345. The van der Waals surface area contributed by atoms with E-state index in [1.165, 1.54) is 19.2 Å². The molecule has 0 unspecified atom stereocenters. The Morgan fingerprint density at radius 3 is 2.19 bits per heavy atom. The summed E-state index contributed by atoms with van der Waals surface area (Å²) in [6.07, 6.45) is 0. The number of carbonyl (C=O) groups excluding carboxylic acids is 2. The molecule has 1 rings (SSSR count). The van der Waals surface area contributed by atoms with Gasteiger partial charge in [-0.25, -0.2) is 0 Å². The highest BCUT2D eigenvalue weighted by molar-refractivity contribution is 5.96. The number of carbonyl (C=O) groups is 2. The lowest BCUT2D eigenvalue weighted by Crippen LogP contribution is -2.35. The number of nitrogens with two attached hydrogens (primary N) is 1. The van der Waals surface area contributed by atoms with E-state index in [0.29, 0.717) is 0 Å². The molecule has 0 saturated carbocycles. The molecule has 1 aromatic rings. The molecule has 16 heavy (non-hydrogen) atoms. The Morgan fingerprint density at radius 1 is 1.25 bits per heavy atom. The number of hydrogen-bond acceptors (Lipinski definition) is 4. The number of likely N-dealkylation sites (N-methyl/N-ethyl adjacent to an activating group) is 1. The van der Waals surface area contributed by atoms with Crippen molar-refractivity contribution in [1.82, 2.24) is 4.90 Å². The van der Waals surface area contributed by atoms with Crippen molar-refractivity contribution in [2.45, 2.75) is 0 Å². The summed E-state index contributed by atoms with van der Waals surface area (Å²) in [5.41, 5.74) is 5.02. The van der Waals surface area contributed by atoms with Gasteiger partial charge in [-0.3, -0.25) is 9.59 Å². The number of phenolic OH excluding ortho intramolecular Hbond substituents is 2. The lowest BCUT2D eigenvalue weighted by molar-refractivity contribution is -0.118. The summed E-state index contributed by atoms with van der Waals surface area (Å²) >= 11 is 0. The fraction of sp³-hybridized carbons (Fsp3) is 0.200. The fourth-order valence-corrected chi connectivity index (χ4v) is 1.24. The number of hydrogen-bond donors (Lipinski definition) is 3. The molecule has 86 valence electrons. The van der Waals surface area contributed by atoms with Gasteiger partial charge < -0.3 is 20.8 Å². The number of primary amides is 1. The molecule has 0 aliphatic heterocycles. The van der Waals surface area contributed by atoms with E-state index in [9.17, 15) is 19.8 Å². The number of rotatable bonds is 3. The first-order chi connectivity index (χ1) is 7.40. The highest BCUT2D eigenvalue weighted by Gasteiger charge is 2.14. The van der Waals surface area contributed by atoms with Crippen molar-refractivity contribution in [3.05, 3.63) is 23.8 Å². The third-order valence-corrected chi connectivity index (χ3v) is 1.89. The molecule has 0 bridgehead atoms. The summed E-state index contributed by atoms with van der Waals surface area (Å²) in [4.78, 5) is 23.4. The SMILES string of the molecule is CN(CC(N)=O)C(=O)c1cc(O)cc(O)c1. The summed E-state index contributed by atoms with van der Waals surface area (Å²) in [6, 6.07) is 3.49. The van der Waals surface area contributed by atoms with E-state index >= 15 is 0 Å². The van der Waals surface area contributed by atoms with Crippen LogP contribution in [0.4, 0.5) is 0 Å². The largest absolute Gasteiger partial charge is 0.508 e. The Hall–Kier alpha value is -2.24. The third-order valence-electron chi connectivity index (χ3n) is 1.89. The van der Waals surface area contributed by atoms with Crippen molar-refractivity contribution in [3.63, 3.8) is 0 Å². The van der Waals surface area contributed by atoms with Crippen LogP contribution in [-0.2, 0) is 4.79 Å². The van der Waals surface area contributed by atoms with Crippen molar-refractivity contribution in [2.75, 3.05) is 13.6 Å². The van der Waals surface area contributed by atoms with Crippen LogP contribution in [0.5, 0.6) is 11.5 Å². The van der Waals surface area contributed by atoms with Gasteiger partial charge in [-0.05, 0) is 12.1 Å². The van der Waals surface area contributed by atoms with Crippen LogP contribution in [0.15, 0.2) is 18.2 Å². The van der Waals surface area contributed by atoms with Crippen molar-refractivity contribution < 1.29 is 19.8 Å². The molecule has 0 aliphatic rings. The standard InChI is InChI=1S/C10H12N2O4/c1-12(5-9(11)15)10(16)6-2-7(13)4-8(14)3-6/h2-4,13-14H,5H2,1H3,(H2,11,15). The van der Waals surface area contributed by atoms with E-state index in [1.54, 1.807) is 0 Å². The van der Waals surface area contributed by atoms with Crippen LogP contribution in [0.1, 0.15) is 10.4 Å². The van der Waals surface area contributed by atoms with Gasteiger partial charge in [-0.2, -0.15) is 0 Å². The molecule has 0 atom stereocenters. The van der Waals surface area contributed by atoms with Gasteiger partial charge in [0.15, 0.2) is 0 Å². The maximum absolute atomic E-state index is 11.7. The molecule has 6 heteroatoms. The molecule has 6 nitrogen and oxygen atoms in total. The number of aromatic hydroxyl groups is 2. The minimum Gasteiger partial charge on any atom is -0.508 e. The Balaban J connectivity index is 2.91. The van der Waals surface area contributed by atoms with Gasteiger partial charge in [-0.15, -0.1) is 0 Å². The minimum absolute atomic E-state index is 0.0845. The van der Waals surface area contributed by atoms with Gasteiger partial charge in [0.1, 0.15) is 11.5 Å². The topological polar surface area (TPSA) is 104 Å². The van der Waals surface area contributed by atoms with Crippen LogP contribution in [0, 0.1) is 0 Å². The van der Waals surface area contributed by atoms with Crippen LogP contribution in [-0.4, -0.2) is 40.5 Å². The van der Waals surface area contributed by atoms with Crippen LogP contribution < -0.4 is 5.73 Å². The van der Waals surface area contributed by atoms with Crippen LogP contribution in [0.2, 0.25) is 0 Å². The van der Waals surface area contributed by atoms with Crippen molar-refractivity contribution in [3.8, 4) is 11.5 Å². The van der Waals surface area contributed by atoms with Gasteiger partial charge in [-0.1, -0.05) is 0 Å². The molecule has 0 radical (unpaired) electrons. The minimum atomic E-state index is -0.639. The molecule has 0 aromatic heterocycles. The van der Waals surface area contributed by atoms with Gasteiger partial charge in [0, 0.05) is 18.7 Å². The Bertz CT molecular complexity index is 411. The molecule has 0 spiro atoms. The lowest BCUT2D eigenvalue weighted by atomic mass is 10.2. The highest BCUT2D eigenvalue weighted by Crippen LogP contribution is 2.21. The molecule has 1 aromatic carbocycles. The van der Waals surface area contributed by atoms with E-state index in [2.05, 4.69) is 0 Å². The molecular formula is C10H12N2O4. The summed E-state index contributed by atoms with van der Waals surface area (Å²) in [7, 11) is 1.40. The number of phenols is 2. The van der Waals surface area contributed by atoms with Crippen LogP contribution in [0.3, 0.4) is 0 Å². The van der Waals surface area contributed by atoms with Crippen molar-refractivity contribution in [2.24, 2.45) is 5.73 Å². The molecule has 2 amide bonds. The van der Waals surface area contributed by atoms with E-state index < -0.39 is 11.8 Å². The number of amides is 2. The van der Waals surface area contributed by atoms with Crippen LogP contribution in [0.25, 0.3) is 0 Å². The molecule has 4 N–H and O–H groups in total. The maximum atomic E-state index is 11.7. The molecule has 0 fully saturated rings. The van der Waals surface area contributed by atoms with Gasteiger partial charge in [0.25, 0.3) is 5.91 Å². The van der Waals surface area contributed by atoms with E-state index in [1.807, 2.05) is 0 Å². The lowest BCUT2D eigenvalue weighted by Gasteiger charge is -2.15. The average Bonchev–Trinajstić information content (AvgIpc) is 2.13. The van der Waals surface area contributed by atoms with E-state index in [-0.39, 0.29) is 23.6 Å². The Kier molecular flexibility index (Phi) is 3.34. The second-order valence-electron chi connectivity index (χ2n) is 3.37. The van der Waals surface area contributed by atoms with Gasteiger partial charge in [0.2, 0.25) is 5.91 Å². The maximum Gasteiger partial charge on any atom is 0.254 e. The molecule has 0 heterocycles. The van der Waals surface area contributed by atoms with Crippen molar-refractivity contribution >= 4 is 11.8 Å². The summed E-state index contributed by atoms with van der Waals surface area (Å²) in [5, 5.41) is 18.4. The van der Waals surface area contributed by atoms with E-state index in [0.717, 1.165) is 11.0 Å². The monoisotopic (exact) mass is 224 g/mol. The zero-order valence-corrected chi connectivity index (χ0v) is 8.67. The predicted molar refractivity (Wildman–Crippen MR) is 55.9 cm³/mol. The summed E-state index contributed by atoms with van der Waals surface area (Å²) < 4.78 is 0. The second kappa shape index (κ2) is 4.52. The first-order valence-corrected chi connectivity index (χ1v) is 4.47. The number of benzene rings is 1. The Morgan fingerprint density at radius 2 is 1.75 bits per heavy atom. The summed E-state index contributed by atoms with van der Waals surface area (Å²) in [6.45, 7) is -0.227. The smallest absolute Gasteiger partial charge is 0.254 e. The summed E-state index contributed by atoms with van der Waals surface area (Å²) in [5.74, 6) is -1.60. The molecular weight excluding hydrogens is 212 g/mol. The Labute approximate surface area is 91.9 Å². The normalized spacial score (nSPS) is 9.81. The molecule has 0 aliphatic carbocycles. The molecule has 0 saturated heterocycles. The van der Waals surface area contributed by atoms with Crippen molar-refractivity contribution in [1.29, 1.82) is 0 Å². The number of nitrogens with zero attached hydrogens (tertiary/aromatic N) is 1. The first-order valence-electron chi connectivity index (χ1n) is 4.47. The van der Waals surface area contributed by atoms with Gasteiger partial charge >= 0.3 is 0 Å².